The van der Waals surface area contributed by atoms with Gasteiger partial charge in [-0.15, -0.1) is 0 Å². The molecule has 92 valence electrons. The molecule has 17 heavy (non-hydrogen) atoms. The summed E-state index contributed by atoms with van der Waals surface area (Å²) in [7, 11) is 0. The largest absolute Gasteiger partial charge is 0.426 e. The van der Waals surface area contributed by atoms with Crippen molar-refractivity contribution in [2.75, 3.05) is 0 Å². The Kier molecular flexibility index (Phi) is 3.56. The van der Waals surface area contributed by atoms with Crippen LogP contribution in [-0.2, 0) is 23.8 Å². The van der Waals surface area contributed by atoms with Gasteiger partial charge in [0.15, 0.2) is 0 Å². The fourth-order valence-corrected chi connectivity index (χ4v) is 1.70. The zero-order valence-corrected chi connectivity index (χ0v) is 10.7. The number of esters is 2. The summed E-state index contributed by atoms with van der Waals surface area (Å²) in [6.45, 7) is 0. The Morgan fingerprint density at radius 1 is 0.824 bits per heavy atom. The highest BCUT2D eigenvalue weighted by Gasteiger charge is 2.40. The van der Waals surface area contributed by atoms with Crippen molar-refractivity contribution in [1.82, 2.24) is 0 Å². The number of hydrogen-bond donors (Lipinski definition) is 0. The standard InChI is InChI=1S/C8H2Cl4O5/c9-1-3(11)7(15-5(1)13)17-8-4(12)2(10)6(14)16-8/h7-8H/t7-,8+. The molecule has 0 saturated carbocycles. The van der Waals surface area contributed by atoms with Crippen LogP contribution in [0.3, 0.4) is 0 Å². The topological polar surface area (TPSA) is 61.8 Å². The van der Waals surface area contributed by atoms with Gasteiger partial charge < -0.3 is 9.47 Å². The van der Waals surface area contributed by atoms with Crippen molar-refractivity contribution in [3.05, 3.63) is 20.1 Å². The van der Waals surface area contributed by atoms with Gasteiger partial charge in [-0.1, -0.05) is 46.4 Å². The molecule has 0 fully saturated rings. The lowest BCUT2D eigenvalue weighted by Crippen LogP contribution is -2.24. The smallest absolute Gasteiger partial charge is 0.353 e. The third-order valence-electron chi connectivity index (χ3n) is 1.87. The summed E-state index contributed by atoms with van der Waals surface area (Å²) in [5, 5.41) is -0.903. The van der Waals surface area contributed by atoms with Crippen LogP contribution >= 0.6 is 46.4 Å². The van der Waals surface area contributed by atoms with Crippen LogP contribution in [0.1, 0.15) is 0 Å². The van der Waals surface area contributed by atoms with Gasteiger partial charge in [0.25, 0.3) is 0 Å². The molecule has 5 nitrogen and oxygen atoms in total. The van der Waals surface area contributed by atoms with Gasteiger partial charge in [-0.2, -0.15) is 0 Å². The maximum absolute atomic E-state index is 11.0. The predicted molar refractivity (Wildman–Crippen MR) is 58.3 cm³/mol. The first-order chi connectivity index (χ1) is 7.91. The van der Waals surface area contributed by atoms with E-state index in [9.17, 15) is 9.59 Å². The summed E-state index contributed by atoms with van der Waals surface area (Å²) in [5.41, 5.74) is 0. The highest BCUT2D eigenvalue weighted by Crippen LogP contribution is 2.35. The quantitative estimate of drug-likeness (QED) is 0.730. The number of carbonyl (C=O) groups is 2. The molecule has 2 aliphatic heterocycles. The Labute approximate surface area is 115 Å². The number of ether oxygens (including phenoxy) is 3. The van der Waals surface area contributed by atoms with Gasteiger partial charge in [-0.05, 0) is 0 Å². The lowest BCUT2D eigenvalue weighted by molar-refractivity contribution is -0.200. The molecule has 0 saturated heterocycles. The first-order valence-electron chi connectivity index (χ1n) is 4.09. The summed E-state index contributed by atoms with van der Waals surface area (Å²) >= 11 is 22.3. The third kappa shape index (κ3) is 2.26. The number of rotatable bonds is 2. The first-order valence-corrected chi connectivity index (χ1v) is 5.60. The molecule has 0 amide bonds. The fraction of sp³-hybridized carbons (Fsp3) is 0.250. The molecule has 0 N–H and O–H groups in total. The molecule has 0 bridgehead atoms. The summed E-state index contributed by atoms with van der Waals surface area (Å²) in [6, 6.07) is 0. The molecule has 9 heteroatoms. The Morgan fingerprint density at radius 3 is 1.41 bits per heavy atom. The maximum atomic E-state index is 11.0. The van der Waals surface area contributed by atoms with Gasteiger partial charge >= 0.3 is 11.9 Å². The van der Waals surface area contributed by atoms with E-state index in [0.717, 1.165) is 0 Å². The van der Waals surface area contributed by atoms with Crippen molar-refractivity contribution in [3.8, 4) is 0 Å². The number of hydrogen-bond acceptors (Lipinski definition) is 5. The van der Waals surface area contributed by atoms with Gasteiger partial charge in [0.2, 0.25) is 12.6 Å². The summed E-state index contributed by atoms with van der Waals surface area (Å²) in [6.07, 6.45) is -2.54. The van der Waals surface area contributed by atoms with Crippen LogP contribution < -0.4 is 0 Å². The fourth-order valence-electron chi connectivity index (χ4n) is 1.09. The first kappa shape index (κ1) is 13.0. The monoisotopic (exact) mass is 318 g/mol. The Morgan fingerprint density at radius 2 is 1.18 bits per heavy atom. The van der Waals surface area contributed by atoms with Crippen LogP contribution in [0.25, 0.3) is 0 Å². The van der Waals surface area contributed by atoms with E-state index in [-0.39, 0.29) is 20.1 Å². The van der Waals surface area contributed by atoms with Crippen LogP contribution in [-0.4, -0.2) is 24.5 Å². The van der Waals surface area contributed by atoms with E-state index >= 15 is 0 Å². The highest BCUT2D eigenvalue weighted by atomic mass is 35.5. The van der Waals surface area contributed by atoms with Crippen molar-refractivity contribution < 1.29 is 23.8 Å². The van der Waals surface area contributed by atoms with E-state index in [1.165, 1.54) is 0 Å². The maximum Gasteiger partial charge on any atom is 0.353 e. The molecule has 2 aliphatic rings. The van der Waals surface area contributed by atoms with E-state index in [1.807, 2.05) is 0 Å². The van der Waals surface area contributed by atoms with Crippen LogP contribution in [0.2, 0.25) is 0 Å². The molecule has 2 heterocycles. The van der Waals surface area contributed by atoms with E-state index < -0.39 is 24.5 Å². The summed E-state index contributed by atoms with van der Waals surface area (Å²) in [5.74, 6) is -1.67. The van der Waals surface area contributed by atoms with E-state index in [1.54, 1.807) is 0 Å². The Hall–Kier alpha value is -0.460. The Balaban J connectivity index is 2.11. The van der Waals surface area contributed by atoms with E-state index in [0.29, 0.717) is 0 Å². The van der Waals surface area contributed by atoms with Crippen LogP contribution in [0.5, 0.6) is 0 Å². The average Bonchev–Trinajstić information content (AvgIpc) is 2.66. The number of cyclic esters (lactones) is 2. The second-order valence-corrected chi connectivity index (χ2v) is 4.50. The van der Waals surface area contributed by atoms with Gasteiger partial charge in [-0.25, -0.2) is 9.59 Å². The molecule has 0 aromatic rings. The van der Waals surface area contributed by atoms with E-state index in [4.69, 9.17) is 51.1 Å². The van der Waals surface area contributed by atoms with Gasteiger partial charge in [0, 0.05) is 0 Å². The second kappa shape index (κ2) is 4.66. The Bertz CT molecular complexity index is 427. The molecule has 0 spiro atoms. The van der Waals surface area contributed by atoms with Crippen LogP contribution in [0.15, 0.2) is 20.1 Å². The predicted octanol–water partition coefficient (Wildman–Crippen LogP) is 2.15. The normalized spacial score (nSPS) is 28.9. The van der Waals surface area contributed by atoms with Crippen molar-refractivity contribution in [1.29, 1.82) is 0 Å². The molecule has 0 aliphatic carbocycles. The zero-order valence-electron chi connectivity index (χ0n) is 7.71. The lowest BCUT2D eigenvalue weighted by atomic mass is 10.5. The minimum Gasteiger partial charge on any atom is -0.426 e. The van der Waals surface area contributed by atoms with Gasteiger partial charge in [-0.3, -0.25) is 4.74 Å². The number of halogens is 4. The van der Waals surface area contributed by atoms with Crippen molar-refractivity contribution in [2.45, 2.75) is 12.6 Å². The van der Waals surface area contributed by atoms with Crippen molar-refractivity contribution in [2.24, 2.45) is 0 Å². The minimum absolute atomic E-state index is 0.153. The summed E-state index contributed by atoms with van der Waals surface area (Å²) in [4.78, 5) is 22.0. The zero-order chi connectivity index (χ0) is 12.7. The minimum atomic E-state index is -1.27. The molecule has 0 aromatic heterocycles. The molecular formula is C8H2Cl4O5. The molecule has 0 unspecified atom stereocenters. The third-order valence-corrected chi connectivity index (χ3v) is 3.51. The SMILES string of the molecule is O=C1O[C@H](O[C@@H]2OC(=O)C(Cl)=C2Cl)C(Cl)=C1Cl. The average molecular weight is 320 g/mol. The van der Waals surface area contributed by atoms with E-state index in [2.05, 4.69) is 9.47 Å². The molecule has 0 radical (unpaired) electrons. The molecule has 2 atom stereocenters. The molecule has 0 aromatic carbocycles. The van der Waals surface area contributed by atoms with Gasteiger partial charge in [0.1, 0.15) is 20.1 Å². The molecular weight excluding hydrogens is 318 g/mol. The number of carbonyl (C=O) groups excluding carboxylic acids is 2. The van der Waals surface area contributed by atoms with Crippen LogP contribution in [0, 0.1) is 0 Å². The van der Waals surface area contributed by atoms with Crippen molar-refractivity contribution >= 4 is 58.3 Å². The molecule has 2 rings (SSSR count). The van der Waals surface area contributed by atoms with Crippen LogP contribution in [0.4, 0.5) is 0 Å². The highest BCUT2D eigenvalue weighted by molar-refractivity contribution is 6.49. The van der Waals surface area contributed by atoms with Gasteiger partial charge in [0.05, 0.1) is 0 Å². The van der Waals surface area contributed by atoms with Crippen molar-refractivity contribution in [3.63, 3.8) is 0 Å². The second-order valence-electron chi connectivity index (χ2n) is 2.93. The lowest BCUT2D eigenvalue weighted by Gasteiger charge is -2.16. The summed E-state index contributed by atoms with van der Waals surface area (Å²) < 4.78 is 14.3.